The molecule has 1 aliphatic heterocycles. The van der Waals surface area contributed by atoms with Crippen molar-refractivity contribution in [1.29, 1.82) is 0 Å². The summed E-state index contributed by atoms with van der Waals surface area (Å²) in [5.74, 6) is 1.59. The highest BCUT2D eigenvalue weighted by atomic mass is 35.5. The molecule has 4 nitrogen and oxygen atoms in total. The number of ether oxygens (including phenoxy) is 1. The first kappa shape index (κ1) is 14.5. The maximum absolute atomic E-state index is 6.22. The number of nitrogens with one attached hydrogen (secondary N) is 1. The minimum Gasteiger partial charge on any atom is -0.376 e. The van der Waals surface area contributed by atoms with Gasteiger partial charge in [-0.25, -0.2) is 9.97 Å². The number of nitrogens with zero attached hydrogens (tertiary/aromatic N) is 2. The Hall–Kier alpha value is -0.870. The van der Waals surface area contributed by atoms with E-state index in [1.165, 1.54) is 0 Å². The molecule has 2 heterocycles. The molecule has 1 fully saturated rings. The van der Waals surface area contributed by atoms with E-state index in [1.807, 2.05) is 6.92 Å². The molecule has 0 bridgehead atoms. The molecule has 106 valence electrons. The van der Waals surface area contributed by atoms with Crippen LogP contribution >= 0.6 is 11.6 Å². The largest absolute Gasteiger partial charge is 0.376 e. The zero-order valence-electron chi connectivity index (χ0n) is 12.2. The fourth-order valence-corrected chi connectivity index (χ4v) is 2.23. The SMILES string of the molecule is Cc1c(Cl)nc(C(C)(C)C)nc1NC1CCOC1C. The van der Waals surface area contributed by atoms with Gasteiger partial charge in [-0.2, -0.15) is 0 Å². The van der Waals surface area contributed by atoms with Gasteiger partial charge in [0.1, 0.15) is 16.8 Å². The van der Waals surface area contributed by atoms with Gasteiger partial charge in [-0.05, 0) is 20.3 Å². The lowest BCUT2D eigenvalue weighted by Crippen LogP contribution is -2.28. The summed E-state index contributed by atoms with van der Waals surface area (Å²) in [4.78, 5) is 9.02. The first-order valence-electron chi connectivity index (χ1n) is 6.72. The van der Waals surface area contributed by atoms with Gasteiger partial charge in [0.05, 0.1) is 12.1 Å². The Bertz CT molecular complexity index is 470. The van der Waals surface area contributed by atoms with E-state index >= 15 is 0 Å². The van der Waals surface area contributed by atoms with Crippen molar-refractivity contribution in [1.82, 2.24) is 9.97 Å². The van der Waals surface area contributed by atoms with E-state index in [1.54, 1.807) is 0 Å². The standard InChI is InChI=1S/C14H22ClN3O/c1-8-11(15)17-13(14(3,4)5)18-12(8)16-10-6-7-19-9(10)2/h9-10H,6-7H2,1-5H3,(H,16,17,18). The van der Waals surface area contributed by atoms with Crippen molar-refractivity contribution in [3.63, 3.8) is 0 Å². The maximum Gasteiger partial charge on any atom is 0.137 e. The summed E-state index contributed by atoms with van der Waals surface area (Å²) >= 11 is 6.22. The van der Waals surface area contributed by atoms with Gasteiger partial charge in [0.2, 0.25) is 0 Å². The second-order valence-electron chi connectivity index (χ2n) is 6.18. The molecule has 2 unspecified atom stereocenters. The van der Waals surface area contributed by atoms with Crippen molar-refractivity contribution in [2.75, 3.05) is 11.9 Å². The lowest BCUT2D eigenvalue weighted by atomic mass is 9.95. The quantitative estimate of drug-likeness (QED) is 0.846. The van der Waals surface area contributed by atoms with Crippen LogP contribution in [0.15, 0.2) is 0 Å². The molecule has 0 saturated carbocycles. The lowest BCUT2D eigenvalue weighted by molar-refractivity contribution is 0.121. The molecule has 1 N–H and O–H groups in total. The highest BCUT2D eigenvalue weighted by molar-refractivity contribution is 6.30. The van der Waals surface area contributed by atoms with E-state index in [-0.39, 0.29) is 17.6 Å². The van der Waals surface area contributed by atoms with E-state index in [4.69, 9.17) is 16.3 Å². The molecule has 1 aliphatic rings. The minimum atomic E-state index is -0.119. The van der Waals surface area contributed by atoms with Crippen molar-refractivity contribution in [2.45, 2.75) is 58.6 Å². The van der Waals surface area contributed by atoms with Crippen LogP contribution in [0.2, 0.25) is 5.15 Å². The number of hydrogen-bond acceptors (Lipinski definition) is 4. The number of halogens is 1. The van der Waals surface area contributed by atoms with Gasteiger partial charge in [0.15, 0.2) is 0 Å². The summed E-state index contributed by atoms with van der Waals surface area (Å²) in [5, 5.41) is 3.97. The zero-order chi connectivity index (χ0) is 14.2. The summed E-state index contributed by atoms with van der Waals surface area (Å²) in [6.07, 6.45) is 1.19. The Kier molecular flexibility index (Phi) is 4.02. The molecule has 1 saturated heterocycles. The smallest absolute Gasteiger partial charge is 0.137 e. The summed E-state index contributed by atoms with van der Waals surface area (Å²) in [7, 11) is 0. The van der Waals surface area contributed by atoms with E-state index < -0.39 is 0 Å². The topological polar surface area (TPSA) is 47.0 Å². The van der Waals surface area contributed by atoms with E-state index in [2.05, 4.69) is 43.0 Å². The van der Waals surface area contributed by atoms with Crippen LogP contribution in [-0.2, 0) is 10.2 Å². The van der Waals surface area contributed by atoms with Crippen LogP contribution in [0.4, 0.5) is 5.82 Å². The average molecular weight is 284 g/mol. The number of anilines is 1. The van der Waals surface area contributed by atoms with Crippen molar-refractivity contribution in [2.24, 2.45) is 0 Å². The minimum absolute atomic E-state index is 0.119. The molecule has 0 spiro atoms. The molecule has 0 radical (unpaired) electrons. The Labute approximate surface area is 119 Å². The first-order valence-corrected chi connectivity index (χ1v) is 7.09. The molecular weight excluding hydrogens is 262 g/mol. The highest BCUT2D eigenvalue weighted by Gasteiger charge is 2.26. The lowest BCUT2D eigenvalue weighted by Gasteiger charge is -2.22. The van der Waals surface area contributed by atoms with Crippen molar-refractivity contribution < 1.29 is 4.74 Å². The van der Waals surface area contributed by atoms with Gasteiger partial charge < -0.3 is 10.1 Å². The van der Waals surface area contributed by atoms with Crippen LogP contribution in [0.1, 0.15) is 45.5 Å². The van der Waals surface area contributed by atoms with Gasteiger partial charge in [-0.1, -0.05) is 32.4 Å². The molecule has 5 heteroatoms. The van der Waals surface area contributed by atoms with Gasteiger partial charge in [0, 0.05) is 17.6 Å². The van der Waals surface area contributed by atoms with Crippen molar-refractivity contribution in [3.8, 4) is 0 Å². The van der Waals surface area contributed by atoms with Crippen LogP contribution in [-0.4, -0.2) is 28.7 Å². The fraction of sp³-hybridized carbons (Fsp3) is 0.714. The molecule has 0 amide bonds. The second-order valence-corrected chi connectivity index (χ2v) is 6.54. The van der Waals surface area contributed by atoms with Gasteiger partial charge in [-0.3, -0.25) is 0 Å². The zero-order valence-corrected chi connectivity index (χ0v) is 13.0. The molecule has 2 atom stereocenters. The third-order valence-electron chi connectivity index (χ3n) is 3.46. The van der Waals surface area contributed by atoms with E-state index in [9.17, 15) is 0 Å². The fourth-order valence-electron chi connectivity index (χ4n) is 2.06. The van der Waals surface area contributed by atoms with Crippen LogP contribution in [0.25, 0.3) is 0 Å². The molecule has 2 rings (SSSR count). The van der Waals surface area contributed by atoms with Gasteiger partial charge in [0.25, 0.3) is 0 Å². The summed E-state index contributed by atoms with van der Waals surface area (Å²) in [6, 6.07) is 0.289. The van der Waals surface area contributed by atoms with Crippen molar-refractivity contribution >= 4 is 17.4 Å². The maximum atomic E-state index is 6.22. The van der Waals surface area contributed by atoms with Crippen molar-refractivity contribution in [3.05, 3.63) is 16.5 Å². The number of rotatable bonds is 2. The van der Waals surface area contributed by atoms with E-state index in [0.717, 1.165) is 30.2 Å². The molecule has 0 aromatic carbocycles. The molecule has 1 aromatic rings. The first-order chi connectivity index (χ1) is 8.79. The molecule has 1 aromatic heterocycles. The third-order valence-corrected chi connectivity index (χ3v) is 3.82. The highest BCUT2D eigenvalue weighted by Crippen LogP contribution is 2.28. The molecular formula is C14H22ClN3O. The molecule has 19 heavy (non-hydrogen) atoms. The predicted molar refractivity (Wildman–Crippen MR) is 77.9 cm³/mol. The van der Waals surface area contributed by atoms with Gasteiger partial charge in [-0.15, -0.1) is 0 Å². The van der Waals surface area contributed by atoms with E-state index in [0.29, 0.717) is 5.15 Å². The van der Waals surface area contributed by atoms with Crippen LogP contribution in [0.3, 0.4) is 0 Å². The van der Waals surface area contributed by atoms with Gasteiger partial charge >= 0.3 is 0 Å². The monoisotopic (exact) mass is 283 g/mol. The summed E-state index contributed by atoms with van der Waals surface area (Å²) < 4.78 is 5.57. The van der Waals surface area contributed by atoms with Crippen LogP contribution < -0.4 is 5.32 Å². The average Bonchev–Trinajstić information content (AvgIpc) is 2.69. The third kappa shape index (κ3) is 3.18. The Morgan fingerprint density at radius 2 is 2.00 bits per heavy atom. The summed E-state index contributed by atoms with van der Waals surface area (Å²) in [5.41, 5.74) is 0.778. The van der Waals surface area contributed by atoms with Crippen LogP contribution in [0, 0.1) is 6.92 Å². The van der Waals surface area contributed by atoms with Crippen LogP contribution in [0.5, 0.6) is 0 Å². The Balaban J connectivity index is 2.31. The molecule has 0 aliphatic carbocycles. The number of aromatic nitrogens is 2. The normalized spacial score (nSPS) is 23.7. The summed E-state index contributed by atoms with van der Waals surface area (Å²) in [6.45, 7) is 11.1. The second kappa shape index (κ2) is 5.25. The predicted octanol–water partition coefficient (Wildman–Crippen LogP) is 3.33. The Morgan fingerprint density at radius 3 is 2.53 bits per heavy atom. The Morgan fingerprint density at radius 1 is 1.32 bits per heavy atom. The number of hydrogen-bond donors (Lipinski definition) is 1.